The van der Waals surface area contributed by atoms with Gasteiger partial charge in [0.2, 0.25) is 0 Å². The highest BCUT2D eigenvalue weighted by molar-refractivity contribution is 9.10. The lowest BCUT2D eigenvalue weighted by Crippen LogP contribution is -2.17. The number of rotatable bonds is 5. The van der Waals surface area contributed by atoms with Crippen LogP contribution in [0.15, 0.2) is 34.8 Å². The molecule has 0 bridgehead atoms. The molecular weight excluding hydrogens is 397 g/mol. The summed E-state index contributed by atoms with van der Waals surface area (Å²) in [5.41, 5.74) is -0.0299. The Balaban J connectivity index is 2.48. The molecular formula is C17H15BrFNO5. The SMILES string of the molecule is COC(=O)c1cc(OC)c(OC)cc1NC(=O)c1cc(Br)ccc1F. The lowest BCUT2D eigenvalue weighted by molar-refractivity contribution is 0.0601. The zero-order valence-electron chi connectivity index (χ0n) is 13.7. The minimum Gasteiger partial charge on any atom is -0.493 e. The Kier molecular flexibility index (Phi) is 5.97. The lowest BCUT2D eigenvalue weighted by Gasteiger charge is -2.15. The van der Waals surface area contributed by atoms with Crippen LogP contribution in [0.2, 0.25) is 0 Å². The molecule has 0 radical (unpaired) electrons. The van der Waals surface area contributed by atoms with Crippen molar-refractivity contribution in [2.75, 3.05) is 26.6 Å². The molecule has 1 N–H and O–H groups in total. The number of carbonyl (C=O) groups excluding carboxylic acids is 2. The smallest absolute Gasteiger partial charge is 0.340 e. The predicted molar refractivity (Wildman–Crippen MR) is 92.9 cm³/mol. The van der Waals surface area contributed by atoms with E-state index in [0.29, 0.717) is 10.2 Å². The molecule has 6 nitrogen and oxygen atoms in total. The number of halogens is 2. The van der Waals surface area contributed by atoms with Crippen LogP contribution in [0.25, 0.3) is 0 Å². The number of nitrogens with one attached hydrogen (secondary N) is 1. The van der Waals surface area contributed by atoms with Crippen LogP contribution in [0.5, 0.6) is 11.5 Å². The van der Waals surface area contributed by atoms with Gasteiger partial charge in [-0.25, -0.2) is 9.18 Å². The van der Waals surface area contributed by atoms with Gasteiger partial charge in [0.05, 0.1) is 38.1 Å². The summed E-state index contributed by atoms with van der Waals surface area (Å²) in [4.78, 5) is 24.4. The highest BCUT2D eigenvalue weighted by Gasteiger charge is 2.21. The van der Waals surface area contributed by atoms with Gasteiger partial charge in [-0.05, 0) is 18.2 Å². The number of hydrogen-bond donors (Lipinski definition) is 1. The van der Waals surface area contributed by atoms with Crippen molar-refractivity contribution < 1.29 is 28.2 Å². The molecule has 0 atom stereocenters. The van der Waals surface area contributed by atoms with E-state index in [9.17, 15) is 14.0 Å². The van der Waals surface area contributed by atoms with Gasteiger partial charge < -0.3 is 19.5 Å². The highest BCUT2D eigenvalue weighted by atomic mass is 79.9. The standard InChI is InChI=1S/C17H15BrFNO5/c1-23-14-7-11(17(22)25-3)13(8-15(14)24-2)20-16(21)10-6-9(18)4-5-12(10)19/h4-8H,1-3H3,(H,20,21). The summed E-state index contributed by atoms with van der Waals surface area (Å²) in [6.07, 6.45) is 0. The van der Waals surface area contributed by atoms with Crippen molar-refractivity contribution in [1.29, 1.82) is 0 Å². The van der Waals surface area contributed by atoms with Crippen LogP contribution in [0, 0.1) is 5.82 Å². The first-order valence-corrected chi connectivity index (χ1v) is 7.81. The Bertz CT molecular complexity index is 825. The van der Waals surface area contributed by atoms with E-state index < -0.39 is 17.7 Å². The van der Waals surface area contributed by atoms with Crippen LogP contribution < -0.4 is 14.8 Å². The van der Waals surface area contributed by atoms with Crippen molar-refractivity contribution in [2.45, 2.75) is 0 Å². The molecule has 0 spiro atoms. The minimum atomic E-state index is -0.726. The number of amides is 1. The van der Waals surface area contributed by atoms with Gasteiger partial charge in [0.1, 0.15) is 5.82 Å². The first kappa shape index (κ1) is 18.7. The lowest BCUT2D eigenvalue weighted by atomic mass is 10.1. The molecule has 25 heavy (non-hydrogen) atoms. The van der Waals surface area contributed by atoms with E-state index in [2.05, 4.69) is 21.2 Å². The molecule has 0 aliphatic carbocycles. The molecule has 0 unspecified atom stereocenters. The molecule has 2 aromatic rings. The summed E-state index contributed by atoms with van der Waals surface area (Å²) >= 11 is 3.18. The van der Waals surface area contributed by atoms with Gasteiger partial charge in [0.15, 0.2) is 11.5 Å². The topological polar surface area (TPSA) is 73.9 Å². The largest absolute Gasteiger partial charge is 0.493 e. The second-order valence-corrected chi connectivity index (χ2v) is 5.74. The summed E-state index contributed by atoms with van der Waals surface area (Å²) in [5, 5.41) is 2.50. The van der Waals surface area contributed by atoms with Crippen molar-refractivity contribution in [3.63, 3.8) is 0 Å². The van der Waals surface area contributed by atoms with Crippen molar-refractivity contribution >= 4 is 33.5 Å². The van der Waals surface area contributed by atoms with Gasteiger partial charge in [0, 0.05) is 16.6 Å². The maximum Gasteiger partial charge on any atom is 0.340 e. The van der Waals surface area contributed by atoms with E-state index in [-0.39, 0.29) is 22.6 Å². The average molecular weight is 412 g/mol. The van der Waals surface area contributed by atoms with E-state index in [4.69, 9.17) is 14.2 Å². The van der Waals surface area contributed by atoms with Gasteiger partial charge >= 0.3 is 5.97 Å². The van der Waals surface area contributed by atoms with Crippen LogP contribution in [0.3, 0.4) is 0 Å². The molecule has 0 heterocycles. The Hall–Kier alpha value is -2.61. The normalized spacial score (nSPS) is 10.1. The molecule has 1 amide bonds. The molecule has 0 fully saturated rings. The Morgan fingerprint density at radius 3 is 2.24 bits per heavy atom. The van der Waals surface area contributed by atoms with Crippen LogP contribution in [0.1, 0.15) is 20.7 Å². The fourth-order valence-corrected chi connectivity index (χ4v) is 2.48. The van der Waals surface area contributed by atoms with E-state index in [1.165, 1.54) is 45.6 Å². The number of benzene rings is 2. The summed E-state index contributed by atoms with van der Waals surface area (Å²) in [6.45, 7) is 0. The minimum absolute atomic E-state index is 0.0453. The third-order valence-corrected chi connectivity index (χ3v) is 3.84. The Labute approximate surface area is 152 Å². The number of methoxy groups -OCH3 is 3. The monoisotopic (exact) mass is 411 g/mol. The third-order valence-electron chi connectivity index (χ3n) is 3.35. The van der Waals surface area contributed by atoms with E-state index in [1.807, 2.05) is 0 Å². The second kappa shape index (κ2) is 7.98. The number of ether oxygens (including phenoxy) is 3. The van der Waals surface area contributed by atoms with Crippen molar-refractivity contribution in [1.82, 2.24) is 0 Å². The fourth-order valence-electron chi connectivity index (χ4n) is 2.12. The maximum atomic E-state index is 13.9. The second-order valence-electron chi connectivity index (χ2n) is 4.82. The number of anilines is 1. The van der Waals surface area contributed by atoms with Gasteiger partial charge in [-0.2, -0.15) is 0 Å². The molecule has 2 rings (SSSR count). The molecule has 0 aliphatic rings. The van der Waals surface area contributed by atoms with E-state index in [0.717, 1.165) is 6.07 Å². The Morgan fingerprint density at radius 2 is 1.64 bits per heavy atom. The van der Waals surface area contributed by atoms with Gasteiger partial charge in [-0.1, -0.05) is 15.9 Å². The third kappa shape index (κ3) is 4.08. The first-order chi connectivity index (χ1) is 11.9. The Morgan fingerprint density at radius 1 is 1.00 bits per heavy atom. The van der Waals surface area contributed by atoms with Crippen LogP contribution >= 0.6 is 15.9 Å². The quantitative estimate of drug-likeness (QED) is 0.760. The molecule has 0 aromatic heterocycles. The van der Waals surface area contributed by atoms with E-state index >= 15 is 0 Å². The fraction of sp³-hybridized carbons (Fsp3) is 0.176. The zero-order chi connectivity index (χ0) is 18.6. The van der Waals surface area contributed by atoms with Crippen LogP contribution in [0.4, 0.5) is 10.1 Å². The maximum absolute atomic E-state index is 13.9. The van der Waals surface area contributed by atoms with Crippen molar-refractivity contribution in [3.8, 4) is 11.5 Å². The van der Waals surface area contributed by atoms with Crippen molar-refractivity contribution in [3.05, 3.63) is 51.7 Å². The molecule has 0 saturated heterocycles. The molecule has 2 aromatic carbocycles. The van der Waals surface area contributed by atoms with Crippen LogP contribution in [-0.4, -0.2) is 33.2 Å². The van der Waals surface area contributed by atoms with Crippen molar-refractivity contribution in [2.24, 2.45) is 0 Å². The first-order valence-electron chi connectivity index (χ1n) is 7.02. The van der Waals surface area contributed by atoms with Gasteiger partial charge in [-0.3, -0.25) is 4.79 Å². The zero-order valence-corrected chi connectivity index (χ0v) is 15.3. The molecule has 132 valence electrons. The number of esters is 1. The summed E-state index contributed by atoms with van der Waals surface area (Å²) < 4.78 is 29.5. The van der Waals surface area contributed by atoms with Gasteiger partial charge in [-0.15, -0.1) is 0 Å². The number of hydrogen-bond acceptors (Lipinski definition) is 5. The molecule has 8 heteroatoms. The summed E-state index contributed by atoms with van der Waals surface area (Å²) in [7, 11) is 4.03. The predicted octanol–water partition coefficient (Wildman–Crippen LogP) is 3.64. The highest BCUT2D eigenvalue weighted by Crippen LogP contribution is 2.34. The number of carbonyl (C=O) groups is 2. The van der Waals surface area contributed by atoms with Gasteiger partial charge in [0.25, 0.3) is 5.91 Å². The average Bonchev–Trinajstić information content (AvgIpc) is 2.62. The molecule has 0 saturated carbocycles. The summed E-state index contributed by atoms with van der Waals surface area (Å²) in [5.74, 6) is -1.53. The molecule has 0 aliphatic heterocycles. The van der Waals surface area contributed by atoms with Crippen LogP contribution in [-0.2, 0) is 4.74 Å². The summed E-state index contributed by atoms with van der Waals surface area (Å²) in [6, 6.07) is 6.75. The van der Waals surface area contributed by atoms with E-state index in [1.54, 1.807) is 0 Å².